The molecule has 2 fully saturated rings. The van der Waals surface area contributed by atoms with Gasteiger partial charge in [0.25, 0.3) is 0 Å². The summed E-state index contributed by atoms with van der Waals surface area (Å²) in [6.45, 7) is 11.6. The predicted octanol–water partition coefficient (Wildman–Crippen LogP) is 5.20. The lowest BCUT2D eigenvalue weighted by Gasteiger charge is -2.29. The van der Waals surface area contributed by atoms with Crippen molar-refractivity contribution in [3.8, 4) is 0 Å². The highest BCUT2D eigenvalue weighted by Crippen LogP contribution is 2.41. The fourth-order valence-electron chi connectivity index (χ4n) is 4.84. The van der Waals surface area contributed by atoms with Crippen molar-refractivity contribution in [3.05, 3.63) is 72.3 Å². The van der Waals surface area contributed by atoms with Crippen molar-refractivity contribution in [3.63, 3.8) is 0 Å². The van der Waals surface area contributed by atoms with Crippen molar-refractivity contribution < 1.29 is 13.2 Å². The first-order chi connectivity index (χ1) is 16.3. The van der Waals surface area contributed by atoms with E-state index >= 15 is 0 Å². The molecule has 0 N–H and O–H groups in total. The molecule has 2 saturated heterocycles. The molecule has 0 aliphatic carbocycles. The number of rotatable bonds is 9. The van der Waals surface area contributed by atoms with E-state index in [1.54, 1.807) is 42.5 Å². The molecule has 34 heavy (non-hydrogen) atoms. The second kappa shape index (κ2) is 10.4. The van der Waals surface area contributed by atoms with Gasteiger partial charge in [-0.1, -0.05) is 25.3 Å². The summed E-state index contributed by atoms with van der Waals surface area (Å²) >= 11 is 1.67. The molecule has 4 rings (SSSR count). The fourth-order valence-corrected chi connectivity index (χ4v) is 5.65. The van der Waals surface area contributed by atoms with Gasteiger partial charge in [0.2, 0.25) is 0 Å². The van der Waals surface area contributed by atoms with E-state index in [1.165, 1.54) is 12.1 Å². The van der Waals surface area contributed by atoms with Gasteiger partial charge in [0, 0.05) is 56.6 Å². The van der Waals surface area contributed by atoms with E-state index in [0.29, 0.717) is 23.8 Å². The van der Waals surface area contributed by atoms with Crippen LogP contribution in [0.3, 0.4) is 0 Å². The predicted molar refractivity (Wildman–Crippen MR) is 132 cm³/mol. The second-order valence-electron chi connectivity index (χ2n) is 8.78. The lowest BCUT2D eigenvalue weighted by Crippen LogP contribution is -2.36. The van der Waals surface area contributed by atoms with Gasteiger partial charge < -0.3 is 14.7 Å². The third-order valence-electron chi connectivity index (χ3n) is 6.67. The monoisotopic (exact) mass is 489 g/mol. The number of anilines is 1. The summed E-state index contributed by atoms with van der Waals surface area (Å²) in [6.07, 6.45) is 2.52. The number of alkyl halides is 3. The standard InChI is InChI=1S/C25H30F3N5S/c1-18(22-15-29-10-11-30-22)31(3)19(2)34-14-6-12-32-16-20-9-13-33(24(20)17-32)23-8-5-4-7-21(23)25(26,27)28/h4-5,7-8,10-11,15,20,24H,1-2,6,9,12-14,16-17H2,3H3/t20-,24+/m1/s1. The van der Waals surface area contributed by atoms with Crippen LogP contribution in [0, 0.1) is 5.92 Å². The minimum atomic E-state index is -4.34. The normalized spacial score (nSPS) is 20.4. The lowest BCUT2D eigenvalue weighted by atomic mass is 10.0. The van der Waals surface area contributed by atoms with Crippen molar-refractivity contribution in [2.24, 2.45) is 5.92 Å². The van der Waals surface area contributed by atoms with Gasteiger partial charge in [0.15, 0.2) is 0 Å². The molecular formula is C25H30F3N5S. The zero-order chi connectivity index (χ0) is 24.3. The Morgan fingerprint density at radius 1 is 1.21 bits per heavy atom. The Hall–Kier alpha value is -2.52. The zero-order valence-corrected chi connectivity index (χ0v) is 20.2. The molecule has 1 aromatic heterocycles. The van der Waals surface area contributed by atoms with Crippen LogP contribution in [0.2, 0.25) is 0 Å². The minimum absolute atomic E-state index is 0.146. The summed E-state index contributed by atoms with van der Waals surface area (Å²) < 4.78 is 40.6. The van der Waals surface area contributed by atoms with Crippen LogP contribution in [-0.4, -0.2) is 64.8 Å². The number of aromatic nitrogens is 2. The molecule has 3 heterocycles. The maximum absolute atomic E-state index is 13.5. The van der Waals surface area contributed by atoms with Crippen LogP contribution in [0.5, 0.6) is 0 Å². The van der Waals surface area contributed by atoms with Gasteiger partial charge in [0.05, 0.1) is 22.5 Å². The topological polar surface area (TPSA) is 35.5 Å². The van der Waals surface area contributed by atoms with Gasteiger partial charge in [-0.2, -0.15) is 13.2 Å². The van der Waals surface area contributed by atoms with E-state index in [1.807, 2.05) is 16.8 Å². The van der Waals surface area contributed by atoms with Gasteiger partial charge in [-0.25, -0.2) is 0 Å². The zero-order valence-electron chi connectivity index (χ0n) is 19.3. The second-order valence-corrected chi connectivity index (χ2v) is 9.94. The Labute approximate surface area is 203 Å². The summed E-state index contributed by atoms with van der Waals surface area (Å²) in [6, 6.07) is 6.11. The van der Waals surface area contributed by atoms with Crippen LogP contribution in [0.4, 0.5) is 18.9 Å². The molecule has 0 radical (unpaired) electrons. The van der Waals surface area contributed by atoms with E-state index in [0.717, 1.165) is 49.0 Å². The highest BCUT2D eigenvalue weighted by Gasteiger charge is 2.44. The number of nitrogens with zero attached hydrogens (tertiary/aromatic N) is 5. The summed E-state index contributed by atoms with van der Waals surface area (Å²) in [4.78, 5) is 14.7. The molecule has 2 aromatic rings. The van der Waals surface area contributed by atoms with E-state index in [9.17, 15) is 13.2 Å². The van der Waals surface area contributed by atoms with Gasteiger partial charge >= 0.3 is 6.18 Å². The van der Waals surface area contributed by atoms with Gasteiger partial charge in [-0.15, -0.1) is 11.8 Å². The van der Waals surface area contributed by atoms with Gasteiger partial charge in [-0.3, -0.25) is 9.97 Å². The summed E-state index contributed by atoms with van der Waals surface area (Å²) in [7, 11) is 1.92. The minimum Gasteiger partial charge on any atom is -0.366 e. The number of para-hydroxylation sites is 1. The largest absolute Gasteiger partial charge is 0.418 e. The molecule has 0 spiro atoms. The lowest BCUT2D eigenvalue weighted by molar-refractivity contribution is -0.137. The quantitative estimate of drug-likeness (QED) is 0.451. The number of hydrogen-bond donors (Lipinski definition) is 0. The Bertz CT molecular complexity index is 1010. The van der Waals surface area contributed by atoms with Crippen LogP contribution in [-0.2, 0) is 6.18 Å². The molecule has 1 aromatic carbocycles. The fraction of sp³-hybridized carbons (Fsp3) is 0.440. The third kappa shape index (κ3) is 5.41. The first-order valence-electron chi connectivity index (χ1n) is 11.4. The number of fused-ring (bicyclic) bond motifs is 1. The summed E-state index contributed by atoms with van der Waals surface area (Å²) in [5.41, 5.74) is 1.25. The van der Waals surface area contributed by atoms with Crippen LogP contribution >= 0.6 is 11.8 Å². The van der Waals surface area contributed by atoms with Crippen LogP contribution < -0.4 is 4.90 Å². The smallest absolute Gasteiger partial charge is 0.366 e. The van der Waals surface area contributed by atoms with Crippen molar-refractivity contribution >= 4 is 23.1 Å². The molecular weight excluding hydrogens is 459 g/mol. The average molecular weight is 490 g/mol. The molecule has 0 saturated carbocycles. The van der Waals surface area contributed by atoms with E-state index in [4.69, 9.17) is 0 Å². The van der Waals surface area contributed by atoms with E-state index < -0.39 is 11.7 Å². The van der Waals surface area contributed by atoms with Crippen LogP contribution in [0.15, 0.2) is 61.0 Å². The van der Waals surface area contributed by atoms with Gasteiger partial charge in [0.1, 0.15) is 5.69 Å². The molecule has 9 heteroatoms. The Morgan fingerprint density at radius 3 is 2.74 bits per heavy atom. The molecule has 0 bridgehead atoms. The van der Waals surface area contributed by atoms with Gasteiger partial charge in [-0.05, 0) is 37.4 Å². The van der Waals surface area contributed by atoms with Crippen molar-refractivity contribution in [2.75, 3.05) is 43.9 Å². The molecule has 0 amide bonds. The Balaban J connectivity index is 1.25. The van der Waals surface area contributed by atoms with Crippen molar-refractivity contribution in [1.29, 1.82) is 0 Å². The summed E-state index contributed by atoms with van der Waals surface area (Å²) in [5.74, 6) is 1.33. The molecule has 182 valence electrons. The van der Waals surface area contributed by atoms with Crippen LogP contribution in [0.1, 0.15) is 24.1 Å². The first-order valence-corrected chi connectivity index (χ1v) is 12.4. The Kier molecular flexibility index (Phi) is 7.52. The number of halogens is 3. The maximum atomic E-state index is 13.5. The number of thioether (sulfide) groups is 1. The molecule has 2 atom stereocenters. The van der Waals surface area contributed by atoms with Crippen molar-refractivity contribution in [1.82, 2.24) is 19.8 Å². The highest BCUT2D eigenvalue weighted by molar-refractivity contribution is 8.02. The highest BCUT2D eigenvalue weighted by atomic mass is 32.2. The molecule has 2 aliphatic rings. The van der Waals surface area contributed by atoms with E-state index in [2.05, 4.69) is 28.0 Å². The van der Waals surface area contributed by atoms with Crippen LogP contribution in [0.25, 0.3) is 5.70 Å². The van der Waals surface area contributed by atoms with Crippen molar-refractivity contribution in [2.45, 2.75) is 25.1 Å². The number of hydrogen-bond acceptors (Lipinski definition) is 6. The number of benzene rings is 1. The average Bonchev–Trinajstić information content (AvgIpc) is 3.41. The third-order valence-corrected chi connectivity index (χ3v) is 7.77. The maximum Gasteiger partial charge on any atom is 0.418 e. The molecule has 0 unspecified atom stereocenters. The molecule has 2 aliphatic heterocycles. The first kappa shape index (κ1) is 24.6. The van der Waals surface area contributed by atoms with E-state index in [-0.39, 0.29) is 6.04 Å². The molecule has 5 nitrogen and oxygen atoms in total. The number of likely N-dealkylation sites (tertiary alicyclic amines) is 1. The SMILES string of the molecule is C=C(SCCCN1C[C@H]2CCN(c3ccccc3C(F)(F)F)[C@H]2C1)N(C)C(=C)c1cnccn1. The Morgan fingerprint density at radius 2 is 2.00 bits per heavy atom. The summed E-state index contributed by atoms with van der Waals surface area (Å²) in [5, 5.41) is 0.892.